The monoisotopic (exact) mass is 293 g/mol. The minimum Gasteiger partial charge on any atom is -0.508 e. The van der Waals surface area contributed by atoms with E-state index < -0.39 is 4.92 Å². The summed E-state index contributed by atoms with van der Waals surface area (Å²) in [7, 11) is 0. The molecule has 0 saturated heterocycles. The minimum atomic E-state index is -0.543. The Morgan fingerprint density at radius 3 is 2.60 bits per heavy atom. The van der Waals surface area contributed by atoms with Crippen molar-refractivity contribution in [1.29, 1.82) is 0 Å². The molecule has 104 valence electrons. The van der Waals surface area contributed by atoms with E-state index in [0.717, 1.165) is 0 Å². The van der Waals surface area contributed by atoms with E-state index in [1.807, 2.05) is 0 Å². The number of nitro benzene ring substituents is 1. The Hall–Kier alpha value is -2.27. The summed E-state index contributed by atoms with van der Waals surface area (Å²) in [6.45, 7) is 3.41. The fraction of sp³-hybridized carbons (Fsp3) is 0.143. The van der Waals surface area contributed by atoms with Gasteiger partial charge in [0.05, 0.1) is 4.92 Å². The van der Waals surface area contributed by atoms with Crippen molar-refractivity contribution in [3.05, 3.63) is 56.6 Å². The largest absolute Gasteiger partial charge is 0.508 e. The van der Waals surface area contributed by atoms with Gasteiger partial charge >= 0.3 is 0 Å². The Morgan fingerprint density at radius 2 is 1.95 bits per heavy atom. The van der Waals surface area contributed by atoms with E-state index in [1.54, 1.807) is 32.0 Å². The van der Waals surface area contributed by atoms with Gasteiger partial charge in [-0.15, -0.1) is 0 Å². The van der Waals surface area contributed by atoms with E-state index in [-0.39, 0.29) is 16.5 Å². The van der Waals surface area contributed by atoms with Gasteiger partial charge in [-0.1, -0.05) is 17.7 Å². The van der Waals surface area contributed by atoms with E-state index in [1.165, 1.54) is 12.1 Å². The Labute approximate surface area is 120 Å². The lowest BCUT2D eigenvalue weighted by atomic mass is 10.2. The van der Waals surface area contributed by atoms with Gasteiger partial charge < -0.3 is 9.84 Å². The first-order valence-corrected chi connectivity index (χ1v) is 6.19. The highest BCUT2D eigenvalue weighted by atomic mass is 35.5. The number of nitro groups is 1. The average Bonchev–Trinajstić information content (AvgIpc) is 2.38. The lowest BCUT2D eigenvalue weighted by molar-refractivity contribution is -0.384. The molecule has 0 aliphatic carbocycles. The molecule has 5 nitrogen and oxygen atoms in total. The van der Waals surface area contributed by atoms with Crippen LogP contribution in [0.25, 0.3) is 0 Å². The Balaban J connectivity index is 2.42. The highest BCUT2D eigenvalue weighted by Crippen LogP contribution is 2.36. The number of hydrogen-bond acceptors (Lipinski definition) is 4. The van der Waals surface area contributed by atoms with Gasteiger partial charge in [0.1, 0.15) is 22.3 Å². The molecule has 0 aliphatic heterocycles. The Kier molecular flexibility index (Phi) is 3.81. The Bertz CT molecular complexity index is 685. The van der Waals surface area contributed by atoms with E-state index in [9.17, 15) is 15.2 Å². The van der Waals surface area contributed by atoms with Crippen molar-refractivity contribution in [2.75, 3.05) is 0 Å². The van der Waals surface area contributed by atoms with Gasteiger partial charge in [0.15, 0.2) is 0 Å². The summed E-state index contributed by atoms with van der Waals surface area (Å²) >= 11 is 5.86. The van der Waals surface area contributed by atoms with Crippen LogP contribution in [-0.4, -0.2) is 10.0 Å². The maximum atomic E-state index is 10.8. The molecule has 20 heavy (non-hydrogen) atoms. The number of ether oxygens (including phenoxy) is 1. The minimum absolute atomic E-state index is 0.00778. The summed E-state index contributed by atoms with van der Waals surface area (Å²) in [4.78, 5) is 10.2. The highest BCUT2D eigenvalue weighted by molar-refractivity contribution is 6.32. The average molecular weight is 294 g/mol. The van der Waals surface area contributed by atoms with Crippen molar-refractivity contribution in [2.24, 2.45) is 0 Å². The highest BCUT2D eigenvalue weighted by Gasteiger charge is 2.16. The zero-order valence-corrected chi connectivity index (χ0v) is 11.6. The van der Waals surface area contributed by atoms with Crippen LogP contribution in [0.3, 0.4) is 0 Å². The number of halogens is 1. The van der Waals surface area contributed by atoms with Crippen molar-refractivity contribution in [3.8, 4) is 17.2 Å². The number of phenols is 1. The molecule has 2 aromatic rings. The lowest BCUT2D eigenvalue weighted by Gasteiger charge is -2.12. The van der Waals surface area contributed by atoms with Gasteiger partial charge in [-0.3, -0.25) is 10.1 Å². The van der Waals surface area contributed by atoms with E-state index in [4.69, 9.17) is 16.3 Å². The zero-order valence-electron chi connectivity index (χ0n) is 10.9. The molecule has 2 rings (SSSR count). The maximum absolute atomic E-state index is 10.8. The molecule has 2 aromatic carbocycles. The predicted octanol–water partition coefficient (Wildman–Crippen LogP) is 4.36. The van der Waals surface area contributed by atoms with Crippen LogP contribution in [0.15, 0.2) is 30.3 Å². The molecule has 0 fully saturated rings. The van der Waals surface area contributed by atoms with Crippen LogP contribution in [0.1, 0.15) is 11.1 Å². The molecule has 0 aromatic heterocycles. The summed E-state index contributed by atoms with van der Waals surface area (Å²) in [5, 5.41) is 20.4. The molecule has 0 radical (unpaired) electrons. The zero-order chi connectivity index (χ0) is 14.9. The molecule has 0 spiro atoms. The number of aryl methyl sites for hydroxylation is 1. The third-order valence-electron chi connectivity index (χ3n) is 2.92. The smallest absolute Gasteiger partial charge is 0.288 e. The molecule has 0 aliphatic rings. The second-order valence-electron chi connectivity index (χ2n) is 4.33. The molecule has 6 heteroatoms. The van der Waals surface area contributed by atoms with Gasteiger partial charge in [0.2, 0.25) is 0 Å². The fourth-order valence-electron chi connectivity index (χ4n) is 1.73. The summed E-state index contributed by atoms with van der Waals surface area (Å²) in [5.74, 6) is 1.00. The number of hydrogen-bond donors (Lipinski definition) is 1. The topological polar surface area (TPSA) is 72.6 Å². The van der Waals surface area contributed by atoms with Crippen LogP contribution in [0.2, 0.25) is 5.02 Å². The SMILES string of the molecule is Cc1cc([N+](=O)[O-])c(Cl)cc1Oc1cccc(O)c1C. The Morgan fingerprint density at radius 1 is 1.25 bits per heavy atom. The molecule has 0 saturated carbocycles. The lowest BCUT2D eigenvalue weighted by Crippen LogP contribution is -1.94. The molecular formula is C14H12ClNO4. The van der Waals surface area contributed by atoms with Crippen molar-refractivity contribution >= 4 is 17.3 Å². The van der Waals surface area contributed by atoms with E-state index >= 15 is 0 Å². The van der Waals surface area contributed by atoms with Crippen LogP contribution >= 0.6 is 11.6 Å². The van der Waals surface area contributed by atoms with E-state index in [2.05, 4.69) is 0 Å². The second-order valence-corrected chi connectivity index (χ2v) is 4.74. The first kappa shape index (κ1) is 14.1. The third kappa shape index (κ3) is 2.67. The van der Waals surface area contributed by atoms with Crippen LogP contribution in [0, 0.1) is 24.0 Å². The maximum Gasteiger partial charge on any atom is 0.288 e. The number of rotatable bonds is 3. The molecule has 0 atom stereocenters. The number of aromatic hydroxyl groups is 1. The number of phenolic OH excluding ortho intramolecular Hbond substituents is 1. The van der Waals surface area contributed by atoms with Crippen molar-refractivity contribution in [2.45, 2.75) is 13.8 Å². The third-order valence-corrected chi connectivity index (χ3v) is 3.22. The quantitative estimate of drug-likeness (QED) is 0.674. The number of nitrogens with zero attached hydrogens (tertiary/aromatic N) is 1. The van der Waals surface area contributed by atoms with Gasteiger partial charge in [0, 0.05) is 17.7 Å². The first-order valence-electron chi connectivity index (χ1n) is 5.81. The molecular weight excluding hydrogens is 282 g/mol. The summed E-state index contributed by atoms with van der Waals surface area (Å²) < 4.78 is 5.67. The van der Waals surface area contributed by atoms with Crippen LogP contribution in [-0.2, 0) is 0 Å². The predicted molar refractivity (Wildman–Crippen MR) is 75.8 cm³/mol. The number of benzene rings is 2. The molecule has 0 bridgehead atoms. The first-order chi connectivity index (χ1) is 9.40. The van der Waals surface area contributed by atoms with Gasteiger partial charge in [-0.2, -0.15) is 0 Å². The van der Waals surface area contributed by atoms with Gasteiger partial charge in [-0.05, 0) is 31.5 Å². The van der Waals surface area contributed by atoms with Gasteiger partial charge in [-0.25, -0.2) is 0 Å². The van der Waals surface area contributed by atoms with Crippen LogP contribution in [0.4, 0.5) is 5.69 Å². The molecule has 0 amide bonds. The molecule has 0 unspecified atom stereocenters. The second kappa shape index (κ2) is 5.38. The standard InChI is InChI=1S/C14H12ClNO4/c1-8-6-11(16(18)19)10(15)7-14(8)20-13-5-3-4-12(17)9(13)2/h3-7,17H,1-2H3. The summed E-state index contributed by atoms with van der Waals surface area (Å²) in [6.07, 6.45) is 0. The molecule has 0 heterocycles. The molecule has 1 N–H and O–H groups in total. The van der Waals surface area contributed by atoms with Crippen LogP contribution < -0.4 is 4.74 Å². The van der Waals surface area contributed by atoms with Crippen molar-refractivity contribution < 1.29 is 14.8 Å². The fourth-order valence-corrected chi connectivity index (χ4v) is 1.95. The normalized spacial score (nSPS) is 10.3. The van der Waals surface area contributed by atoms with E-state index in [0.29, 0.717) is 22.6 Å². The summed E-state index contributed by atoms with van der Waals surface area (Å²) in [6, 6.07) is 7.66. The van der Waals surface area contributed by atoms with Crippen molar-refractivity contribution in [3.63, 3.8) is 0 Å². The van der Waals surface area contributed by atoms with Crippen LogP contribution in [0.5, 0.6) is 17.2 Å². The van der Waals surface area contributed by atoms with Gasteiger partial charge in [0.25, 0.3) is 5.69 Å². The van der Waals surface area contributed by atoms with Crippen molar-refractivity contribution in [1.82, 2.24) is 0 Å². The summed E-state index contributed by atoms with van der Waals surface area (Å²) in [5.41, 5.74) is 1.01.